The fourth-order valence-corrected chi connectivity index (χ4v) is 4.58. The van der Waals surface area contributed by atoms with Crippen molar-refractivity contribution in [3.63, 3.8) is 0 Å². The third-order valence-electron chi connectivity index (χ3n) is 2.89. The number of aryl methyl sites for hydroxylation is 3. The zero-order valence-corrected chi connectivity index (χ0v) is 12.5. The van der Waals surface area contributed by atoms with E-state index in [0.29, 0.717) is 0 Å². The number of halogens is 1. The van der Waals surface area contributed by atoms with Crippen LogP contribution >= 0.6 is 10.7 Å². The SMILES string of the molecule is Cc1cc(C)c(C(C)(C)CS(=O)(=O)Cl)c(C)c1. The van der Waals surface area contributed by atoms with Crippen LogP contribution in [0.25, 0.3) is 0 Å². The fourth-order valence-electron chi connectivity index (χ4n) is 2.75. The summed E-state index contributed by atoms with van der Waals surface area (Å²) in [6, 6.07) is 4.15. The summed E-state index contributed by atoms with van der Waals surface area (Å²) in [5.74, 6) is -0.0493. The molecule has 1 aromatic rings. The smallest absolute Gasteiger partial charge is 0.212 e. The molecule has 0 fully saturated rings. The van der Waals surface area contributed by atoms with E-state index in [1.54, 1.807) is 0 Å². The van der Waals surface area contributed by atoms with Crippen molar-refractivity contribution in [1.82, 2.24) is 0 Å². The topological polar surface area (TPSA) is 34.1 Å². The maximum Gasteiger partial charge on any atom is 0.233 e. The molecule has 0 saturated heterocycles. The van der Waals surface area contributed by atoms with Gasteiger partial charge in [0.25, 0.3) is 0 Å². The highest BCUT2D eigenvalue weighted by Gasteiger charge is 2.29. The molecule has 96 valence electrons. The maximum absolute atomic E-state index is 11.3. The Morgan fingerprint density at radius 1 is 1.12 bits per heavy atom. The highest BCUT2D eigenvalue weighted by molar-refractivity contribution is 8.13. The Morgan fingerprint density at radius 2 is 1.53 bits per heavy atom. The van der Waals surface area contributed by atoms with Crippen LogP contribution < -0.4 is 0 Å². The minimum absolute atomic E-state index is 0.0493. The Kier molecular flexibility index (Phi) is 3.94. The van der Waals surface area contributed by atoms with Gasteiger partial charge in [0.2, 0.25) is 9.05 Å². The summed E-state index contributed by atoms with van der Waals surface area (Å²) in [5.41, 5.74) is 4.03. The number of hydrogen-bond acceptors (Lipinski definition) is 2. The maximum atomic E-state index is 11.3. The number of benzene rings is 1. The summed E-state index contributed by atoms with van der Waals surface area (Å²) < 4.78 is 22.6. The average molecular weight is 275 g/mol. The van der Waals surface area contributed by atoms with Crippen molar-refractivity contribution in [2.45, 2.75) is 40.0 Å². The van der Waals surface area contributed by atoms with Crippen LogP contribution in [0.2, 0.25) is 0 Å². The van der Waals surface area contributed by atoms with E-state index in [1.165, 1.54) is 5.56 Å². The van der Waals surface area contributed by atoms with Crippen LogP contribution in [0.5, 0.6) is 0 Å². The summed E-state index contributed by atoms with van der Waals surface area (Å²) in [5, 5.41) is 0. The van der Waals surface area contributed by atoms with Crippen LogP contribution in [0.1, 0.15) is 36.1 Å². The van der Waals surface area contributed by atoms with Gasteiger partial charge in [-0.1, -0.05) is 31.5 Å². The Hall–Kier alpha value is -0.540. The molecule has 0 aliphatic heterocycles. The first-order valence-electron chi connectivity index (χ1n) is 5.53. The molecule has 0 N–H and O–H groups in total. The van der Waals surface area contributed by atoms with Gasteiger partial charge in [-0.2, -0.15) is 0 Å². The van der Waals surface area contributed by atoms with Crippen molar-refractivity contribution >= 4 is 19.7 Å². The second-order valence-electron chi connectivity index (χ2n) is 5.34. The predicted octanol–water partition coefficient (Wildman–Crippen LogP) is 3.46. The summed E-state index contributed by atoms with van der Waals surface area (Å²) in [6.07, 6.45) is 0. The highest BCUT2D eigenvalue weighted by Crippen LogP contribution is 2.32. The molecule has 0 aliphatic carbocycles. The van der Waals surface area contributed by atoms with E-state index in [4.69, 9.17) is 10.7 Å². The summed E-state index contributed by atoms with van der Waals surface area (Å²) in [6.45, 7) is 9.89. The quantitative estimate of drug-likeness (QED) is 0.791. The van der Waals surface area contributed by atoms with E-state index in [-0.39, 0.29) is 5.75 Å². The first-order valence-corrected chi connectivity index (χ1v) is 8.01. The Bertz CT molecular complexity index is 507. The normalized spacial score (nSPS) is 12.8. The lowest BCUT2D eigenvalue weighted by molar-refractivity contribution is 0.553. The molecule has 0 spiro atoms. The molecule has 0 aliphatic rings. The summed E-state index contributed by atoms with van der Waals surface area (Å²) in [7, 11) is 1.87. The molecular weight excluding hydrogens is 256 g/mol. The molecule has 2 nitrogen and oxygen atoms in total. The largest absolute Gasteiger partial charge is 0.233 e. The average Bonchev–Trinajstić information content (AvgIpc) is 1.93. The lowest BCUT2D eigenvalue weighted by Gasteiger charge is -2.28. The van der Waals surface area contributed by atoms with E-state index in [1.807, 2.05) is 34.6 Å². The second-order valence-corrected chi connectivity index (χ2v) is 8.12. The van der Waals surface area contributed by atoms with Crippen molar-refractivity contribution in [2.75, 3.05) is 5.75 Å². The lowest BCUT2D eigenvalue weighted by atomic mass is 9.80. The van der Waals surface area contributed by atoms with Crippen LogP contribution in [0, 0.1) is 20.8 Å². The minimum atomic E-state index is -3.50. The van der Waals surface area contributed by atoms with E-state index in [9.17, 15) is 8.42 Å². The van der Waals surface area contributed by atoms with E-state index in [0.717, 1.165) is 16.7 Å². The van der Waals surface area contributed by atoms with Crippen LogP contribution in [-0.4, -0.2) is 14.2 Å². The first-order chi connectivity index (χ1) is 7.53. The predicted molar refractivity (Wildman–Crippen MR) is 73.3 cm³/mol. The second kappa shape index (κ2) is 4.62. The molecule has 0 unspecified atom stereocenters. The van der Waals surface area contributed by atoms with Gasteiger partial charge in [-0.25, -0.2) is 8.42 Å². The van der Waals surface area contributed by atoms with Crippen LogP contribution in [-0.2, 0) is 14.5 Å². The van der Waals surface area contributed by atoms with E-state index >= 15 is 0 Å². The Labute approximate surface area is 108 Å². The van der Waals surface area contributed by atoms with Gasteiger partial charge in [0.05, 0.1) is 5.75 Å². The van der Waals surface area contributed by atoms with Crippen LogP contribution in [0.3, 0.4) is 0 Å². The molecule has 0 saturated carbocycles. The first kappa shape index (κ1) is 14.5. The monoisotopic (exact) mass is 274 g/mol. The van der Waals surface area contributed by atoms with Gasteiger partial charge in [0, 0.05) is 16.1 Å². The molecule has 0 atom stereocenters. The van der Waals surface area contributed by atoms with Crippen LogP contribution in [0.15, 0.2) is 12.1 Å². The summed E-state index contributed by atoms with van der Waals surface area (Å²) in [4.78, 5) is 0. The molecule has 0 heterocycles. The van der Waals surface area contributed by atoms with Crippen molar-refractivity contribution in [3.05, 3.63) is 34.4 Å². The zero-order valence-electron chi connectivity index (χ0n) is 11.0. The molecule has 0 aromatic heterocycles. The molecule has 17 heavy (non-hydrogen) atoms. The van der Waals surface area contributed by atoms with Crippen molar-refractivity contribution in [2.24, 2.45) is 0 Å². The molecule has 0 radical (unpaired) electrons. The molecule has 1 aromatic carbocycles. The fraction of sp³-hybridized carbons (Fsp3) is 0.538. The third-order valence-corrected chi connectivity index (χ3v) is 4.28. The van der Waals surface area contributed by atoms with Gasteiger partial charge in [0.15, 0.2) is 0 Å². The molecule has 0 amide bonds. The molecule has 0 bridgehead atoms. The van der Waals surface area contributed by atoms with Gasteiger partial charge in [0.1, 0.15) is 0 Å². The highest BCUT2D eigenvalue weighted by atomic mass is 35.7. The molecule has 4 heteroatoms. The Balaban J connectivity index is 3.33. The summed E-state index contributed by atoms with van der Waals surface area (Å²) >= 11 is 0. The van der Waals surface area contributed by atoms with Crippen molar-refractivity contribution in [3.8, 4) is 0 Å². The standard InChI is InChI=1S/C13H19ClO2S/c1-9-6-10(2)12(11(3)7-9)13(4,5)8-17(14,15)16/h6-7H,8H2,1-5H3. The molecule has 1 rings (SSSR count). The van der Waals surface area contributed by atoms with Crippen LogP contribution in [0.4, 0.5) is 0 Å². The van der Waals surface area contributed by atoms with Gasteiger partial charge in [-0.3, -0.25) is 0 Å². The minimum Gasteiger partial charge on any atom is -0.212 e. The van der Waals surface area contributed by atoms with Crippen molar-refractivity contribution in [1.29, 1.82) is 0 Å². The van der Waals surface area contributed by atoms with Gasteiger partial charge in [-0.05, 0) is 37.5 Å². The number of rotatable bonds is 3. The van der Waals surface area contributed by atoms with Gasteiger partial charge in [-0.15, -0.1) is 0 Å². The number of hydrogen-bond donors (Lipinski definition) is 0. The van der Waals surface area contributed by atoms with Gasteiger partial charge >= 0.3 is 0 Å². The zero-order chi connectivity index (χ0) is 13.4. The van der Waals surface area contributed by atoms with E-state index in [2.05, 4.69) is 12.1 Å². The third kappa shape index (κ3) is 3.71. The lowest BCUT2D eigenvalue weighted by Crippen LogP contribution is -2.28. The van der Waals surface area contributed by atoms with Gasteiger partial charge < -0.3 is 0 Å². The Morgan fingerprint density at radius 3 is 1.88 bits per heavy atom. The molecular formula is C13H19ClO2S. The van der Waals surface area contributed by atoms with Crippen molar-refractivity contribution < 1.29 is 8.42 Å². The van der Waals surface area contributed by atoms with E-state index < -0.39 is 14.5 Å².